The van der Waals surface area contributed by atoms with Crippen LogP contribution in [0, 0.1) is 0 Å². The van der Waals surface area contributed by atoms with E-state index in [9.17, 15) is 10.2 Å². The van der Waals surface area contributed by atoms with Crippen LogP contribution in [0.4, 0.5) is 0 Å². The number of fused-ring (bicyclic) bond motifs is 5. The van der Waals surface area contributed by atoms with Gasteiger partial charge in [-0.15, -0.1) is 6.58 Å². The Morgan fingerprint density at radius 1 is 1.53 bits per heavy atom. The molecule has 1 saturated heterocycles. The summed E-state index contributed by atoms with van der Waals surface area (Å²) in [6, 6.07) is 0. The van der Waals surface area contributed by atoms with Crippen LogP contribution in [0.1, 0.15) is 36.5 Å². The molecule has 1 fully saturated rings. The van der Waals surface area contributed by atoms with Gasteiger partial charge in [0, 0.05) is 0 Å². The maximum absolute atomic E-state index is 9.74. The van der Waals surface area contributed by atoms with Crippen molar-refractivity contribution in [1.82, 2.24) is 4.98 Å². The first-order valence-electron chi connectivity index (χ1n) is 5.11. The van der Waals surface area contributed by atoms with Gasteiger partial charge in [-0.25, -0.2) is 0 Å². The Kier molecular flexibility index (Phi) is 1.52. The summed E-state index contributed by atoms with van der Waals surface area (Å²) in [5.74, 6) is 0.0738. The zero-order chi connectivity index (χ0) is 10.6. The molecule has 0 amide bonds. The molecule has 2 unspecified atom stereocenters. The van der Waals surface area contributed by atoms with Crippen molar-refractivity contribution in [3.63, 3.8) is 0 Å². The first-order valence-corrected chi connectivity index (χ1v) is 5.11. The number of aromatic hydroxyl groups is 2. The summed E-state index contributed by atoms with van der Waals surface area (Å²) >= 11 is 0. The smallest absolute Gasteiger partial charge is 0.197 e. The molecule has 2 atom stereocenters. The fraction of sp³-hybridized carbons (Fsp3) is 0.455. The number of rotatable bonds is 2. The van der Waals surface area contributed by atoms with Crippen LogP contribution in [0.3, 0.4) is 0 Å². The molecular weight excluding hydrogens is 194 g/mol. The Morgan fingerprint density at radius 2 is 2.33 bits per heavy atom. The average molecular weight is 207 g/mol. The Bertz CT molecular complexity index is 437. The van der Waals surface area contributed by atoms with Crippen molar-refractivity contribution in [2.24, 2.45) is 0 Å². The van der Waals surface area contributed by atoms with Crippen LogP contribution in [-0.2, 0) is 10.3 Å². The Morgan fingerprint density at radius 3 is 3.07 bits per heavy atom. The van der Waals surface area contributed by atoms with Crippen molar-refractivity contribution >= 4 is 0 Å². The third-order valence-corrected chi connectivity index (χ3v) is 3.43. The van der Waals surface area contributed by atoms with Gasteiger partial charge in [0.05, 0.1) is 17.2 Å². The van der Waals surface area contributed by atoms with E-state index in [1.54, 1.807) is 6.08 Å². The van der Waals surface area contributed by atoms with Crippen molar-refractivity contribution in [3.05, 3.63) is 23.8 Å². The van der Waals surface area contributed by atoms with E-state index in [0.29, 0.717) is 6.42 Å². The normalized spacial score (nSPS) is 31.9. The van der Waals surface area contributed by atoms with E-state index in [2.05, 4.69) is 11.6 Å². The van der Waals surface area contributed by atoms with Crippen LogP contribution < -0.4 is 0 Å². The van der Waals surface area contributed by atoms with E-state index >= 15 is 0 Å². The summed E-state index contributed by atoms with van der Waals surface area (Å²) < 4.78 is 5.86. The first-order chi connectivity index (χ1) is 7.18. The number of aromatic nitrogens is 1. The number of nitrogens with one attached hydrogen (secondary N) is 1. The van der Waals surface area contributed by atoms with Crippen LogP contribution in [0.25, 0.3) is 0 Å². The number of aromatic amines is 1. The standard InChI is InChI=1S/C11H13NO3/c1-2-4-11-5-3-6(15-11)7-8(11)10(14)12-9(7)13/h2,6,12-14H,1,3-5H2. The molecule has 2 aliphatic rings. The zero-order valence-electron chi connectivity index (χ0n) is 8.29. The summed E-state index contributed by atoms with van der Waals surface area (Å²) in [6.07, 6.45) is 4.16. The molecule has 0 radical (unpaired) electrons. The highest BCUT2D eigenvalue weighted by molar-refractivity contribution is 5.53. The Labute approximate surface area is 87.2 Å². The molecular formula is C11H13NO3. The van der Waals surface area contributed by atoms with Crippen LogP contribution in [0.15, 0.2) is 12.7 Å². The minimum Gasteiger partial charge on any atom is -0.494 e. The van der Waals surface area contributed by atoms with Gasteiger partial charge >= 0.3 is 0 Å². The average Bonchev–Trinajstić information content (AvgIpc) is 2.79. The van der Waals surface area contributed by atoms with E-state index in [0.717, 1.165) is 24.0 Å². The van der Waals surface area contributed by atoms with Crippen LogP contribution >= 0.6 is 0 Å². The number of H-pyrrole nitrogens is 1. The van der Waals surface area contributed by atoms with Crippen LogP contribution in [-0.4, -0.2) is 15.2 Å². The van der Waals surface area contributed by atoms with Gasteiger partial charge in [0.1, 0.15) is 5.60 Å². The molecule has 1 aromatic heterocycles. The highest BCUT2D eigenvalue weighted by Crippen LogP contribution is 2.61. The second-order valence-corrected chi connectivity index (χ2v) is 4.24. The van der Waals surface area contributed by atoms with Crippen molar-refractivity contribution in [3.8, 4) is 11.8 Å². The lowest BCUT2D eigenvalue weighted by atomic mass is 9.82. The molecule has 2 aliphatic heterocycles. The molecule has 0 saturated carbocycles. The predicted molar refractivity (Wildman–Crippen MR) is 53.7 cm³/mol. The van der Waals surface area contributed by atoms with E-state index in [1.165, 1.54) is 0 Å². The lowest BCUT2D eigenvalue weighted by Gasteiger charge is -2.23. The lowest BCUT2D eigenvalue weighted by molar-refractivity contribution is -0.0212. The largest absolute Gasteiger partial charge is 0.494 e. The zero-order valence-corrected chi connectivity index (χ0v) is 8.29. The molecule has 3 rings (SSSR count). The second kappa shape index (κ2) is 2.58. The Balaban J connectivity index is 2.20. The van der Waals surface area contributed by atoms with Crippen molar-refractivity contribution < 1.29 is 14.9 Å². The Hall–Kier alpha value is -1.42. The summed E-state index contributed by atoms with van der Waals surface area (Å²) in [4.78, 5) is 2.56. The van der Waals surface area contributed by atoms with E-state index in [1.807, 2.05) is 0 Å². The highest BCUT2D eigenvalue weighted by atomic mass is 16.5. The van der Waals surface area contributed by atoms with Crippen molar-refractivity contribution in [1.29, 1.82) is 0 Å². The van der Waals surface area contributed by atoms with Gasteiger partial charge in [0.25, 0.3) is 0 Å². The summed E-state index contributed by atoms with van der Waals surface area (Å²) in [6.45, 7) is 3.71. The topological polar surface area (TPSA) is 65.5 Å². The quantitative estimate of drug-likeness (QED) is 0.650. The molecule has 80 valence electrons. The summed E-state index contributed by atoms with van der Waals surface area (Å²) in [7, 11) is 0. The maximum Gasteiger partial charge on any atom is 0.197 e. The fourth-order valence-corrected chi connectivity index (χ4v) is 2.89. The third-order valence-electron chi connectivity index (χ3n) is 3.43. The van der Waals surface area contributed by atoms with Gasteiger partial charge in [-0.2, -0.15) is 0 Å². The molecule has 15 heavy (non-hydrogen) atoms. The van der Waals surface area contributed by atoms with Gasteiger partial charge in [-0.1, -0.05) is 6.08 Å². The maximum atomic E-state index is 9.74. The molecule has 1 aromatic rings. The van der Waals surface area contributed by atoms with E-state index in [-0.39, 0.29) is 17.9 Å². The number of hydrogen-bond acceptors (Lipinski definition) is 3. The van der Waals surface area contributed by atoms with Gasteiger partial charge < -0.3 is 14.9 Å². The molecule has 3 N–H and O–H groups in total. The second-order valence-electron chi connectivity index (χ2n) is 4.24. The van der Waals surface area contributed by atoms with Gasteiger partial charge in [0.15, 0.2) is 11.8 Å². The van der Waals surface area contributed by atoms with E-state index < -0.39 is 5.60 Å². The van der Waals surface area contributed by atoms with Crippen LogP contribution in [0.5, 0.6) is 11.8 Å². The number of hydrogen-bond donors (Lipinski definition) is 3. The molecule has 2 bridgehead atoms. The first kappa shape index (κ1) is 8.85. The minimum absolute atomic E-state index is 0.0338. The number of ether oxygens (including phenoxy) is 1. The predicted octanol–water partition coefficient (Wildman–Crippen LogP) is 2.06. The summed E-state index contributed by atoms with van der Waals surface area (Å²) in [5, 5.41) is 19.4. The van der Waals surface area contributed by atoms with Gasteiger partial charge in [-0.3, -0.25) is 4.98 Å². The molecule has 4 heteroatoms. The van der Waals surface area contributed by atoms with Crippen molar-refractivity contribution in [2.45, 2.75) is 31.0 Å². The molecule has 4 nitrogen and oxygen atoms in total. The highest BCUT2D eigenvalue weighted by Gasteiger charge is 2.54. The third kappa shape index (κ3) is 0.899. The SMILES string of the molecule is C=CCC12CCC(O1)c1c(O)[nH]c(O)c12. The lowest BCUT2D eigenvalue weighted by Crippen LogP contribution is -2.21. The van der Waals surface area contributed by atoms with Gasteiger partial charge in [0.2, 0.25) is 0 Å². The van der Waals surface area contributed by atoms with Gasteiger partial charge in [-0.05, 0) is 19.3 Å². The van der Waals surface area contributed by atoms with E-state index in [4.69, 9.17) is 4.74 Å². The minimum atomic E-state index is -0.455. The molecule has 3 heterocycles. The summed E-state index contributed by atoms with van der Waals surface area (Å²) in [5.41, 5.74) is 1.01. The molecule has 0 aliphatic carbocycles. The van der Waals surface area contributed by atoms with Crippen molar-refractivity contribution in [2.75, 3.05) is 0 Å². The molecule has 0 aromatic carbocycles. The fourth-order valence-electron chi connectivity index (χ4n) is 2.89. The monoisotopic (exact) mass is 207 g/mol. The van der Waals surface area contributed by atoms with Crippen LogP contribution in [0.2, 0.25) is 0 Å². The molecule has 0 spiro atoms.